The van der Waals surface area contributed by atoms with E-state index in [9.17, 15) is 15.0 Å². The van der Waals surface area contributed by atoms with Crippen molar-refractivity contribution in [3.8, 4) is 5.88 Å². The number of hydrogen-bond acceptors (Lipinski definition) is 6. The van der Waals surface area contributed by atoms with Gasteiger partial charge >= 0.3 is 0 Å². The number of aromatic hydroxyl groups is 1. The van der Waals surface area contributed by atoms with Crippen molar-refractivity contribution in [3.63, 3.8) is 0 Å². The van der Waals surface area contributed by atoms with E-state index in [2.05, 4.69) is 20.2 Å². The van der Waals surface area contributed by atoms with Crippen molar-refractivity contribution in [2.24, 2.45) is 0 Å². The molecule has 4 rings (SSSR count). The summed E-state index contributed by atoms with van der Waals surface area (Å²) in [5.41, 5.74) is 3.94. The molecule has 1 amide bonds. The molecular weight excluding hydrogens is 356 g/mol. The summed E-state index contributed by atoms with van der Waals surface area (Å²) >= 11 is 0. The Morgan fingerprint density at radius 3 is 2.75 bits per heavy atom. The van der Waals surface area contributed by atoms with Crippen molar-refractivity contribution in [1.82, 2.24) is 9.97 Å². The molecule has 144 valence electrons. The predicted octanol–water partition coefficient (Wildman–Crippen LogP) is 2.99. The number of aliphatic hydroxyl groups excluding tert-OH is 1. The number of aryl methyl sites for hydroxylation is 1. The van der Waals surface area contributed by atoms with Gasteiger partial charge in [0.2, 0.25) is 5.88 Å². The summed E-state index contributed by atoms with van der Waals surface area (Å²) in [4.78, 5) is 23.5. The number of benzene rings is 1. The third-order valence-electron chi connectivity index (χ3n) is 5.05. The number of fused-ring (bicyclic) bond motifs is 1. The first-order valence-electron chi connectivity index (χ1n) is 9.31. The van der Waals surface area contributed by atoms with E-state index < -0.39 is 0 Å². The van der Waals surface area contributed by atoms with E-state index in [1.807, 2.05) is 13.0 Å². The molecule has 0 atom stereocenters. The Morgan fingerprint density at radius 2 is 2.00 bits per heavy atom. The summed E-state index contributed by atoms with van der Waals surface area (Å²) in [7, 11) is 0. The van der Waals surface area contributed by atoms with Crippen LogP contribution in [0.25, 0.3) is 10.9 Å². The van der Waals surface area contributed by atoms with Crippen LogP contribution in [0.4, 0.5) is 11.4 Å². The van der Waals surface area contributed by atoms with Crippen LogP contribution in [0.2, 0.25) is 0 Å². The second-order valence-electron chi connectivity index (χ2n) is 7.03. The average Bonchev–Trinajstić information content (AvgIpc) is 3.22. The van der Waals surface area contributed by atoms with Gasteiger partial charge in [0.15, 0.2) is 0 Å². The first-order valence-corrected chi connectivity index (χ1v) is 9.31. The average molecular weight is 378 g/mol. The lowest BCUT2D eigenvalue weighted by Gasteiger charge is -2.21. The summed E-state index contributed by atoms with van der Waals surface area (Å²) in [5, 5.41) is 22.9. The SMILES string of the molecule is Cc1cc(O)nc2ccc(NC(=O)c3cc(CO)ncc3N3CCCC3)cc12. The Labute approximate surface area is 162 Å². The fourth-order valence-electron chi connectivity index (χ4n) is 3.62. The normalized spacial score (nSPS) is 13.9. The first kappa shape index (κ1) is 18.2. The molecule has 0 saturated carbocycles. The van der Waals surface area contributed by atoms with Gasteiger partial charge in [0, 0.05) is 30.2 Å². The predicted molar refractivity (Wildman–Crippen MR) is 108 cm³/mol. The minimum absolute atomic E-state index is 0.0228. The summed E-state index contributed by atoms with van der Waals surface area (Å²) in [6.45, 7) is 3.46. The lowest BCUT2D eigenvalue weighted by molar-refractivity contribution is 0.102. The Kier molecular flexibility index (Phi) is 4.83. The molecule has 3 aromatic rings. The van der Waals surface area contributed by atoms with E-state index in [0.717, 1.165) is 42.6 Å². The molecule has 1 aliphatic heterocycles. The zero-order valence-electron chi connectivity index (χ0n) is 15.6. The molecule has 3 N–H and O–H groups in total. The summed E-state index contributed by atoms with van der Waals surface area (Å²) < 4.78 is 0. The molecule has 7 heteroatoms. The number of nitrogens with zero attached hydrogens (tertiary/aromatic N) is 3. The zero-order valence-corrected chi connectivity index (χ0v) is 15.6. The highest BCUT2D eigenvalue weighted by Crippen LogP contribution is 2.27. The van der Waals surface area contributed by atoms with Crippen LogP contribution in [0.5, 0.6) is 5.88 Å². The second kappa shape index (κ2) is 7.44. The summed E-state index contributed by atoms with van der Waals surface area (Å²) in [6, 6.07) is 8.61. The van der Waals surface area contributed by atoms with Gasteiger partial charge in [0.05, 0.1) is 35.3 Å². The molecule has 7 nitrogen and oxygen atoms in total. The minimum Gasteiger partial charge on any atom is -0.493 e. The number of carbonyl (C=O) groups excluding carboxylic acids is 1. The van der Waals surface area contributed by atoms with E-state index in [0.29, 0.717) is 22.5 Å². The monoisotopic (exact) mass is 378 g/mol. The molecule has 0 spiro atoms. The molecule has 1 fully saturated rings. The van der Waals surface area contributed by atoms with E-state index in [1.165, 1.54) is 0 Å². The van der Waals surface area contributed by atoms with Crippen molar-refractivity contribution < 1.29 is 15.0 Å². The quantitative estimate of drug-likeness (QED) is 0.646. The number of pyridine rings is 2. The van der Waals surface area contributed by atoms with Gasteiger partial charge in [0.25, 0.3) is 5.91 Å². The summed E-state index contributed by atoms with van der Waals surface area (Å²) in [6.07, 6.45) is 3.85. The molecule has 1 saturated heterocycles. The summed E-state index contributed by atoms with van der Waals surface area (Å²) in [5.74, 6) is -0.270. The van der Waals surface area contributed by atoms with Crippen LogP contribution in [0.1, 0.15) is 34.5 Å². The van der Waals surface area contributed by atoms with Gasteiger partial charge < -0.3 is 20.4 Å². The number of aliphatic hydroxyl groups is 1. The molecule has 3 heterocycles. The van der Waals surface area contributed by atoms with Gasteiger partial charge in [-0.1, -0.05) is 0 Å². The third-order valence-corrected chi connectivity index (χ3v) is 5.05. The fraction of sp³-hybridized carbons (Fsp3) is 0.286. The molecule has 0 bridgehead atoms. The minimum atomic E-state index is -0.247. The highest BCUT2D eigenvalue weighted by molar-refractivity contribution is 6.08. The van der Waals surface area contributed by atoms with Crippen LogP contribution >= 0.6 is 0 Å². The van der Waals surface area contributed by atoms with Gasteiger partial charge in [-0.05, 0) is 49.6 Å². The maximum absolute atomic E-state index is 13.0. The molecule has 28 heavy (non-hydrogen) atoms. The van der Waals surface area contributed by atoms with Crippen molar-refractivity contribution in [1.29, 1.82) is 0 Å². The maximum atomic E-state index is 13.0. The van der Waals surface area contributed by atoms with Crippen molar-refractivity contribution in [3.05, 3.63) is 53.3 Å². The van der Waals surface area contributed by atoms with Gasteiger partial charge in [0.1, 0.15) is 0 Å². The van der Waals surface area contributed by atoms with Crippen LogP contribution in [-0.4, -0.2) is 39.2 Å². The van der Waals surface area contributed by atoms with E-state index >= 15 is 0 Å². The largest absolute Gasteiger partial charge is 0.493 e. The van der Waals surface area contributed by atoms with E-state index in [4.69, 9.17) is 0 Å². The lowest BCUT2D eigenvalue weighted by atomic mass is 10.1. The third kappa shape index (κ3) is 3.48. The van der Waals surface area contributed by atoms with Crippen molar-refractivity contribution in [2.45, 2.75) is 26.4 Å². The van der Waals surface area contributed by atoms with Crippen LogP contribution in [0, 0.1) is 6.92 Å². The fourth-order valence-corrected chi connectivity index (χ4v) is 3.62. The molecule has 1 aliphatic rings. The molecule has 2 aromatic heterocycles. The van der Waals surface area contributed by atoms with E-state index in [-0.39, 0.29) is 18.4 Å². The first-order chi connectivity index (χ1) is 13.5. The van der Waals surface area contributed by atoms with Crippen molar-refractivity contribution >= 4 is 28.2 Å². The Bertz CT molecular complexity index is 1050. The van der Waals surface area contributed by atoms with Gasteiger partial charge in [-0.15, -0.1) is 0 Å². The Morgan fingerprint density at radius 1 is 1.21 bits per heavy atom. The Balaban J connectivity index is 1.67. The number of anilines is 2. The number of rotatable bonds is 4. The van der Waals surface area contributed by atoms with Gasteiger partial charge in [-0.25, -0.2) is 4.98 Å². The Hall–Kier alpha value is -3.19. The molecule has 0 aliphatic carbocycles. The highest BCUT2D eigenvalue weighted by atomic mass is 16.3. The van der Waals surface area contributed by atoms with Crippen LogP contribution < -0.4 is 10.2 Å². The van der Waals surface area contributed by atoms with Crippen LogP contribution in [-0.2, 0) is 6.61 Å². The topological polar surface area (TPSA) is 98.6 Å². The lowest BCUT2D eigenvalue weighted by Crippen LogP contribution is -2.23. The van der Waals surface area contributed by atoms with Gasteiger partial charge in [-0.3, -0.25) is 9.78 Å². The van der Waals surface area contributed by atoms with Gasteiger partial charge in [-0.2, -0.15) is 0 Å². The number of hydrogen-bond donors (Lipinski definition) is 3. The maximum Gasteiger partial charge on any atom is 0.257 e. The molecule has 0 unspecified atom stereocenters. The molecular formula is C21H22N4O3. The van der Waals surface area contributed by atoms with Crippen LogP contribution in [0.3, 0.4) is 0 Å². The number of amides is 1. The molecule has 0 radical (unpaired) electrons. The van der Waals surface area contributed by atoms with Crippen molar-refractivity contribution in [2.75, 3.05) is 23.3 Å². The van der Waals surface area contributed by atoms with Crippen LogP contribution in [0.15, 0.2) is 36.5 Å². The molecule has 1 aromatic carbocycles. The number of nitrogens with one attached hydrogen (secondary N) is 1. The standard InChI is InChI=1S/C21H22N4O3/c1-13-8-20(27)24-18-5-4-14(9-16(13)18)23-21(28)17-10-15(12-26)22-11-19(17)25-6-2-3-7-25/h4-5,8-11,26H,2-3,6-7,12H2,1H3,(H,23,28)(H,24,27). The zero-order chi connectivity index (χ0) is 19.7. The number of carbonyl (C=O) groups is 1. The second-order valence-corrected chi connectivity index (χ2v) is 7.03. The van der Waals surface area contributed by atoms with E-state index in [1.54, 1.807) is 30.5 Å². The smallest absolute Gasteiger partial charge is 0.257 e. The highest BCUT2D eigenvalue weighted by Gasteiger charge is 2.21. The number of aromatic nitrogens is 2.